The van der Waals surface area contributed by atoms with Crippen molar-refractivity contribution < 1.29 is 9.31 Å². The summed E-state index contributed by atoms with van der Waals surface area (Å²) in [5, 5.41) is 0. The van der Waals surface area contributed by atoms with Gasteiger partial charge in [0.1, 0.15) is 0 Å². The van der Waals surface area contributed by atoms with Crippen molar-refractivity contribution in [1.82, 2.24) is 0 Å². The van der Waals surface area contributed by atoms with Crippen molar-refractivity contribution >= 4 is 18.7 Å². The Morgan fingerprint density at radius 1 is 1.21 bits per heavy atom. The van der Waals surface area contributed by atoms with Crippen LogP contribution in [0.3, 0.4) is 0 Å². The Kier molecular flexibility index (Phi) is 3.35. The molecule has 0 aromatic heterocycles. The van der Waals surface area contributed by atoms with Crippen LogP contribution in [0.5, 0.6) is 0 Å². The minimum atomic E-state index is -0.246. The molecule has 1 saturated heterocycles. The second kappa shape index (κ2) is 3.88. The van der Waals surface area contributed by atoms with Crippen LogP contribution in [0.25, 0.3) is 0 Å². The second-order valence-corrected chi connectivity index (χ2v) is 5.06. The first-order valence-corrected chi connectivity index (χ1v) is 5.33. The maximum atomic E-state index is 5.81. The predicted molar refractivity (Wildman–Crippen MR) is 60.5 cm³/mol. The average Bonchev–Trinajstić information content (AvgIpc) is 2.20. The monoisotopic (exact) mass is 216 g/mol. The molecule has 0 aliphatic carbocycles. The van der Waals surface area contributed by atoms with Crippen LogP contribution in [0.15, 0.2) is 11.1 Å². The molecule has 1 rings (SSSR count). The summed E-state index contributed by atoms with van der Waals surface area (Å²) >= 11 is 5.60. The van der Waals surface area contributed by atoms with Crippen LogP contribution in [0.1, 0.15) is 34.6 Å². The highest BCUT2D eigenvalue weighted by Gasteiger charge is 2.50. The summed E-state index contributed by atoms with van der Waals surface area (Å²) in [6, 6.07) is 0. The molecule has 1 fully saturated rings. The second-order valence-electron chi connectivity index (χ2n) is 4.85. The van der Waals surface area contributed by atoms with Gasteiger partial charge < -0.3 is 9.31 Å². The third-order valence-electron chi connectivity index (χ3n) is 2.98. The van der Waals surface area contributed by atoms with Crippen molar-refractivity contribution in [2.45, 2.75) is 52.1 Å². The van der Waals surface area contributed by atoms with Gasteiger partial charge in [-0.2, -0.15) is 0 Å². The van der Waals surface area contributed by atoms with Gasteiger partial charge in [0.2, 0.25) is 0 Å². The summed E-state index contributed by atoms with van der Waals surface area (Å²) in [5.41, 5.74) is 2.16. The van der Waals surface area contributed by atoms with Crippen LogP contribution in [0, 0.1) is 0 Å². The van der Waals surface area contributed by atoms with E-state index in [-0.39, 0.29) is 18.3 Å². The maximum absolute atomic E-state index is 5.81. The molecular weight excluding hydrogens is 198 g/mol. The number of halogens is 1. The Morgan fingerprint density at radius 3 is 2.00 bits per heavy atom. The van der Waals surface area contributed by atoms with Gasteiger partial charge >= 0.3 is 7.12 Å². The lowest BCUT2D eigenvalue weighted by atomic mass is 9.81. The van der Waals surface area contributed by atoms with E-state index in [0.717, 1.165) is 11.9 Å². The summed E-state index contributed by atoms with van der Waals surface area (Å²) in [4.78, 5) is 0. The molecule has 2 nitrogen and oxygen atoms in total. The van der Waals surface area contributed by atoms with Crippen molar-refractivity contribution in [1.29, 1.82) is 0 Å². The molecule has 0 bridgehead atoms. The topological polar surface area (TPSA) is 18.5 Å². The molecule has 0 atom stereocenters. The zero-order valence-electron chi connectivity index (χ0n) is 9.56. The van der Waals surface area contributed by atoms with Crippen molar-refractivity contribution in [2.75, 3.05) is 0 Å². The lowest BCUT2D eigenvalue weighted by Gasteiger charge is -2.32. The van der Waals surface area contributed by atoms with Gasteiger partial charge in [-0.05, 0) is 34.6 Å². The standard InChI is InChI=1S/C10H18BClO2/c1-8(7-12)6-11-13-9(2,3)10(4,5)14-11/h7H,6H2,1-5H3/b8-7-. The van der Waals surface area contributed by atoms with Crippen LogP contribution in [-0.2, 0) is 9.31 Å². The average molecular weight is 217 g/mol. The lowest BCUT2D eigenvalue weighted by molar-refractivity contribution is 0.00578. The van der Waals surface area contributed by atoms with E-state index >= 15 is 0 Å². The molecule has 1 heterocycles. The van der Waals surface area contributed by atoms with E-state index in [1.54, 1.807) is 5.54 Å². The van der Waals surface area contributed by atoms with Crippen LogP contribution >= 0.6 is 11.6 Å². The molecule has 1 aliphatic heterocycles. The van der Waals surface area contributed by atoms with Crippen LogP contribution in [0.4, 0.5) is 0 Å². The molecule has 14 heavy (non-hydrogen) atoms. The fourth-order valence-electron chi connectivity index (χ4n) is 1.36. The molecule has 1 aliphatic rings. The van der Waals surface area contributed by atoms with E-state index in [1.165, 1.54) is 0 Å². The maximum Gasteiger partial charge on any atom is 0.462 e. The lowest BCUT2D eigenvalue weighted by Crippen LogP contribution is -2.41. The van der Waals surface area contributed by atoms with Crippen molar-refractivity contribution in [3.05, 3.63) is 11.1 Å². The van der Waals surface area contributed by atoms with E-state index in [4.69, 9.17) is 20.9 Å². The zero-order chi connectivity index (χ0) is 11.0. The summed E-state index contributed by atoms with van der Waals surface area (Å²) < 4.78 is 11.6. The van der Waals surface area contributed by atoms with Crippen LogP contribution < -0.4 is 0 Å². The quantitative estimate of drug-likeness (QED) is 0.660. The SMILES string of the molecule is C/C(=C/Cl)CB1OC(C)(C)C(C)(C)O1. The highest BCUT2D eigenvalue weighted by atomic mass is 35.5. The fraction of sp³-hybridized carbons (Fsp3) is 0.800. The van der Waals surface area contributed by atoms with Gasteiger partial charge in [-0.1, -0.05) is 17.2 Å². The van der Waals surface area contributed by atoms with Gasteiger partial charge in [0.25, 0.3) is 0 Å². The van der Waals surface area contributed by atoms with Crippen molar-refractivity contribution in [2.24, 2.45) is 0 Å². The van der Waals surface area contributed by atoms with E-state index in [0.29, 0.717) is 0 Å². The molecule has 0 N–H and O–H groups in total. The summed E-state index contributed by atoms with van der Waals surface area (Å²) in [6.07, 6.45) is 0.732. The van der Waals surface area contributed by atoms with E-state index in [2.05, 4.69) is 0 Å². The van der Waals surface area contributed by atoms with Gasteiger partial charge in [-0.15, -0.1) is 0 Å². The number of hydrogen-bond donors (Lipinski definition) is 0. The molecule has 0 aromatic carbocycles. The molecular formula is C10H18BClO2. The smallest absolute Gasteiger partial charge is 0.403 e. The molecule has 0 radical (unpaired) electrons. The van der Waals surface area contributed by atoms with Gasteiger partial charge in [0, 0.05) is 11.9 Å². The van der Waals surface area contributed by atoms with Gasteiger partial charge in [-0.3, -0.25) is 0 Å². The van der Waals surface area contributed by atoms with Gasteiger partial charge in [-0.25, -0.2) is 0 Å². The Morgan fingerprint density at radius 2 is 1.64 bits per heavy atom. The normalized spacial score (nSPS) is 25.6. The minimum Gasteiger partial charge on any atom is -0.403 e. The molecule has 0 spiro atoms. The Hall–Kier alpha value is 0.0149. The Balaban J connectivity index is 2.64. The van der Waals surface area contributed by atoms with E-state index in [9.17, 15) is 0 Å². The predicted octanol–water partition coefficient (Wildman–Crippen LogP) is 3.22. The first-order chi connectivity index (χ1) is 6.28. The van der Waals surface area contributed by atoms with Crippen molar-refractivity contribution in [3.8, 4) is 0 Å². The Bertz CT molecular complexity index is 233. The Labute approximate surface area is 91.8 Å². The summed E-state index contributed by atoms with van der Waals surface area (Å²) in [6.45, 7) is 10.2. The van der Waals surface area contributed by atoms with Crippen LogP contribution in [-0.4, -0.2) is 18.3 Å². The summed E-state index contributed by atoms with van der Waals surface area (Å²) in [7, 11) is -0.171. The molecule has 0 saturated carbocycles. The molecule has 0 amide bonds. The first kappa shape index (κ1) is 12.1. The van der Waals surface area contributed by atoms with E-state index < -0.39 is 0 Å². The fourth-order valence-corrected chi connectivity index (χ4v) is 1.44. The van der Waals surface area contributed by atoms with Gasteiger partial charge in [0.05, 0.1) is 11.2 Å². The molecule has 0 aromatic rings. The number of allylic oxidation sites excluding steroid dienone is 1. The highest BCUT2D eigenvalue weighted by molar-refractivity contribution is 6.46. The number of rotatable bonds is 2. The van der Waals surface area contributed by atoms with Gasteiger partial charge in [0.15, 0.2) is 0 Å². The summed E-state index contributed by atoms with van der Waals surface area (Å²) in [5.74, 6) is 0. The number of hydrogen-bond acceptors (Lipinski definition) is 2. The molecule has 80 valence electrons. The van der Waals surface area contributed by atoms with Crippen molar-refractivity contribution in [3.63, 3.8) is 0 Å². The minimum absolute atomic E-state index is 0.171. The van der Waals surface area contributed by atoms with E-state index in [1.807, 2.05) is 34.6 Å². The zero-order valence-corrected chi connectivity index (χ0v) is 10.3. The molecule has 4 heteroatoms. The molecule has 0 unspecified atom stereocenters. The third kappa shape index (κ3) is 2.33. The largest absolute Gasteiger partial charge is 0.462 e. The third-order valence-corrected chi connectivity index (χ3v) is 3.35. The highest BCUT2D eigenvalue weighted by Crippen LogP contribution is 2.38. The van der Waals surface area contributed by atoms with Crippen LogP contribution in [0.2, 0.25) is 6.32 Å². The first-order valence-electron chi connectivity index (χ1n) is 4.90.